The number of phenolic OH excluding ortho intramolecular Hbond substituents is 1. The lowest BCUT2D eigenvalue weighted by molar-refractivity contribution is 0.369. The summed E-state index contributed by atoms with van der Waals surface area (Å²) in [7, 11) is 0. The van der Waals surface area contributed by atoms with Crippen LogP contribution < -0.4 is 0 Å². The largest absolute Gasteiger partial charge is 0.505 e. The van der Waals surface area contributed by atoms with Gasteiger partial charge in [-0.05, 0) is 25.1 Å². The second-order valence-electron chi connectivity index (χ2n) is 3.91. The van der Waals surface area contributed by atoms with Crippen molar-refractivity contribution in [1.29, 1.82) is 5.26 Å². The van der Waals surface area contributed by atoms with Crippen molar-refractivity contribution in [3.8, 4) is 23.2 Å². The van der Waals surface area contributed by atoms with Gasteiger partial charge in [0.15, 0.2) is 11.6 Å². The van der Waals surface area contributed by atoms with E-state index in [4.69, 9.17) is 14.9 Å². The molecule has 18 heavy (non-hydrogen) atoms. The van der Waals surface area contributed by atoms with Crippen LogP contribution in [-0.4, -0.2) is 15.2 Å². The van der Waals surface area contributed by atoms with Crippen molar-refractivity contribution in [2.24, 2.45) is 5.92 Å². The molecule has 0 aliphatic heterocycles. The third-order valence-corrected chi connectivity index (χ3v) is 2.38. The van der Waals surface area contributed by atoms with Gasteiger partial charge in [0.05, 0.1) is 12.0 Å². The second kappa shape index (κ2) is 4.84. The summed E-state index contributed by atoms with van der Waals surface area (Å²) in [5, 5.41) is 21.4. The number of hydrogen-bond acceptors (Lipinski definition) is 5. The molecule has 0 bridgehead atoms. The smallest absolute Gasteiger partial charge is 0.228 e. The lowest BCUT2D eigenvalue weighted by atomic mass is 10.1. The maximum Gasteiger partial charge on any atom is 0.228 e. The van der Waals surface area contributed by atoms with E-state index in [2.05, 4.69) is 16.2 Å². The predicted octanol–water partition coefficient (Wildman–Crippen LogP) is 2.28. The average Bonchev–Trinajstić information content (AvgIpc) is 2.81. The van der Waals surface area contributed by atoms with Gasteiger partial charge in [0.25, 0.3) is 0 Å². The van der Waals surface area contributed by atoms with Crippen molar-refractivity contribution < 1.29 is 14.0 Å². The van der Waals surface area contributed by atoms with E-state index in [-0.39, 0.29) is 11.7 Å². The van der Waals surface area contributed by atoms with Gasteiger partial charge >= 0.3 is 0 Å². The van der Waals surface area contributed by atoms with Crippen LogP contribution in [0.4, 0.5) is 4.39 Å². The van der Waals surface area contributed by atoms with E-state index in [1.165, 1.54) is 12.1 Å². The van der Waals surface area contributed by atoms with Gasteiger partial charge in [0.2, 0.25) is 11.7 Å². The molecule has 0 saturated heterocycles. The van der Waals surface area contributed by atoms with E-state index in [1.54, 1.807) is 6.92 Å². The van der Waals surface area contributed by atoms with Gasteiger partial charge in [-0.15, -0.1) is 0 Å². The van der Waals surface area contributed by atoms with E-state index in [1.807, 2.05) is 0 Å². The third-order valence-electron chi connectivity index (χ3n) is 2.38. The summed E-state index contributed by atoms with van der Waals surface area (Å²) in [6.07, 6.45) is 0.351. The van der Waals surface area contributed by atoms with Crippen molar-refractivity contribution in [3.05, 3.63) is 29.9 Å². The number of aromatic hydroxyl groups is 1. The van der Waals surface area contributed by atoms with E-state index in [0.29, 0.717) is 17.9 Å². The first-order chi connectivity index (χ1) is 8.60. The summed E-state index contributed by atoms with van der Waals surface area (Å²) < 4.78 is 18.1. The van der Waals surface area contributed by atoms with Gasteiger partial charge < -0.3 is 9.63 Å². The monoisotopic (exact) mass is 247 g/mol. The number of aromatic nitrogens is 2. The quantitative estimate of drug-likeness (QED) is 0.899. The first-order valence-electron chi connectivity index (χ1n) is 5.31. The Balaban J connectivity index is 2.24. The first-order valence-corrected chi connectivity index (χ1v) is 5.31. The summed E-state index contributed by atoms with van der Waals surface area (Å²) >= 11 is 0. The summed E-state index contributed by atoms with van der Waals surface area (Å²) in [5.41, 5.74) is 0.407. The number of phenols is 1. The minimum atomic E-state index is -0.746. The molecule has 1 aromatic heterocycles. The zero-order valence-corrected chi connectivity index (χ0v) is 9.59. The fourth-order valence-electron chi connectivity index (χ4n) is 1.41. The highest BCUT2D eigenvalue weighted by atomic mass is 19.1. The molecule has 1 N–H and O–H groups in total. The molecule has 0 fully saturated rings. The lowest BCUT2D eigenvalue weighted by Crippen LogP contribution is -1.96. The van der Waals surface area contributed by atoms with Crippen LogP contribution in [0.5, 0.6) is 5.75 Å². The van der Waals surface area contributed by atoms with Crippen LogP contribution in [0, 0.1) is 23.1 Å². The molecule has 0 aliphatic rings. The van der Waals surface area contributed by atoms with Crippen molar-refractivity contribution in [1.82, 2.24) is 10.1 Å². The van der Waals surface area contributed by atoms with E-state index in [9.17, 15) is 4.39 Å². The topological polar surface area (TPSA) is 82.9 Å². The van der Waals surface area contributed by atoms with Crippen LogP contribution in [0.2, 0.25) is 0 Å². The molecule has 0 aliphatic carbocycles. The van der Waals surface area contributed by atoms with Gasteiger partial charge in [-0.2, -0.15) is 10.2 Å². The van der Waals surface area contributed by atoms with Gasteiger partial charge in [-0.25, -0.2) is 4.39 Å². The molecule has 1 unspecified atom stereocenters. The summed E-state index contributed by atoms with van der Waals surface area (Å²) in [4.78, 5) is 4.06. The van der Waals surface area contributed by atoms with Crippen molar-refractivity contribution in [3.63, 3.8) is 0 Å². The van der Waals surface area contributed by atoms with Crippen LogP contribution >= 0.6 is 0 Å². The van der Waals surface area contributed by atoms with Gasteiger partial charge in [-0.3, -0.25) is 0 Å². The highest BCUT2D eigenvalue weighted by Gasteiger charge is 2.13. The normalized spacial score (nSPS) is 12.1. The fourth-order valence-corrected chi connectivity index (χ4v) is 1.41. The fraction of sp³-hybridized carbons (Fsp3) is 0.250. The summed E-state index contributed by atoms with van der Waals surface area (Å²) in [6.45, 7) is 1.74. The maximum atomic E-state index is 13.2. The predicted molar refractivity (Wildman–Crippen MR) is 59.8 cm³/mol. The molecule has 1 atom stereocenters. The van der Waals surface area contributed by atoms with E-state index in [0.717, 1.165) is 6.07 Å². The van der Waals surface area contributed by atoms with Crippen molar-refractivity contribution >= 4 is 0 Å². The van der Waals surface area contributed by atoms with Crippen LogP contribution in [0.25, 0.3) is 11.4 Å². The van der Waals surface area contributed by atoms with Crippen LogP contribution in [0.15, 0.2) is 22.7 Å². The SMILES string of the molecule is CC(C#N)Cc1nc(-c2ccc(O)c(F)c2)no1. The minimum Gasteiger partial charge on any atom is -0.505 e. The highest BCUT2D eigenvalue weighted by molar-refractivity contribution is 5.55. The Kier molecular flexibility index (Phi) is 3.24. The molecular formula is C12H10FN3O2. The minimum absolute atomic E-state index is 0.227. The zero-order chi connectivity index (χ0) is 13.1. The van der Waals surface area contributed by atoms with Crippen molar-refractivity contribution in [2.75, 3.05) is 0 Å². The molecular weight excluding hydrogens is 237 g/mol. The van der Waals surface area contributed by atoms with Crippen LogP contribution in [0.1, 0.15) is 12.8 Å². The number of hydrogen-bond donors (Lipinski definition) is 1. The average molecular weight is 247 g/mol. The van der Waals surface area contributed by atoms with Gasteiger partial charge in [-0.1, -0.05) is 5.16 Å². The molecule has 0 amide bonds. The second-order valence-corrected chi connectivity index (χ2v) is 3.91. The molecule has 0 saturated carbocycles. The zero-order valence-electron chi connectivity index (χ0n) is 9.59. The van der Waals surface area contributed by atoms with Gasteiger partial charge in [0, 0.05) is 12.0 Å². The number of nitriles is 1. The molecule has 2 rings (SSSR count). The Labute approximate surface area is 102 Å². The Bertz CT molecular complexity index is 604. The number of nitrogens with zero attached hydrogens (tertiary/aromatic N) is 3. The molecule has 5 nitrogen and oxygen atoms in total. The lowest BCUT2D eigenvalue weighted by Gasteiger charge is -1.97. The standard InChI is InChI=1S/C12H10FN3O2/c1-7(6-14)4-11-15-12(16-18-11)8-2-3-10(17)9(13)5-8/h2-3,5,7,17H,4H2,1H3. The molecule has 0 spiro atoms. The Morgan fingerprint density at radius 2 is 2.33 bits per heavy atom. The first kappa shape index (κ1) is 12.0. The van der Waals surface area contributed by atoms with Crippen LogP contribution in [0.3, 0.4) is 0 Å². The maximum absolute atomic E-state index is 13.2. The molecule has 6 heteroatoms. The molecule has 1 aromatic carbocycles. The summed E-state index contributed by atoms with van der Waals surface area (Å²) in [6, 6.07) is 5.89. The molecule has 2 aromatic rings. The third kappa shape index (κ3) is 2.46. The Hall–Kier alpha value is -2.42. The Morgan fingerprint density at radius 3 is 3.00 bits per heavy atom. The van der Waals surface area contributed by atoms with Gasteiger partial charge in [0.1, 0.15) is 0 Å². The number of halogens is 1. The van der Waals surface area contributed by atoms with E-state index < -0.39 is 11.6 Å². The number of rotatable bonds is 3. The Morgan fingerprint density at radius 1 is 1.56 bits per heavy atom. The molecule has 0 radical (unpaired) electrons. The molecule has 92 valence electrons. The molecule has 1 heterocycles. The van der Waals surface area contributed by atoms with E-state index >= 15 is 0 Å². The summed E-state index contributed by atoms with van der Waals surface area (Å²) in [5.74, 6) is -0.846. The highest BCUT2D eigenvalue weighted by Crippen LogP contribution is 2.23. The van der Waals surface area contributed by atoms with Crippen molar-refractivity contribution in [2.45, 2.75) is 13.3 Å². The number of benzene rings is 1. The van der Waals surface area contributed by atoms with Crippen LogP contribution in [-0.2, 0) is 6.42 Å².